The van der Waals surface area contributed by atoms with Gasteiger partial charge in [-0.05, 0) is 74.9 Å². The Labute approximate surface area is 230 Å². The molecule has 0 spiro atoms. The minimum Gasteiger partial charge on any atom is -0.481 e. The number of halogens is 1. The second kappa shape index (κ2) is 12.7. The van der Waals surface area contributed by atoms with E-state index in [1.165, 1.54) is 29.7 Å². The Balaban J connectivity index is 1.38. The maximum atomic E-state index is 13.6. The Bertz CT molecular complexity index is 1390. The summed E-state index contributed by atoms with van der Waals surface area (Å²) in [4.78, 5) is 39.1. The molecule has 0 saturated carbocycles. The summed E-state index contributed by atoms with van der Waals surface area (Å²) in [5.41, 5.74) is 4.35. The third-order valence-electron chi connectivity index (χ3n) is 6.30. The Morgan fingerprint density at radius 3 is 2.64 bits per heavy atom. The molecule has 2 amide bonds. The van der Waals surface area contributed by atoms with Gasteiger partial charge in [-0.15, -0.1) is 11.3 Å². The van der Waals surface area contributed by atoms with Gasteiger partial charge >= 0.3 is 5.97 Å². The number of hydrogen-bond acceptors (Lipinski definition) is 7. The number of anilines is 1. The highest BCUT2D eigenvalue weighted by molar-refractivity contribution is 7.17. The van der Waals surface area contributed by atoms with Gasteiger partial charge in [-0.25, -0.2) is 14.6 Å². The van der Waals surface area contributed by atoms with Crippen molar-refractivity contribution in [3.8, 4) is 5.75 Å². The SMILES string of the molecule is CCOC(=O)c1c(NC(=O)c2ccc(O[C@H](C)C(=O)N/N=C\c3ccccc3F)cc2)sc2c1CC[C@@H](C)C2. The molecule has 1 heterocycles. The Kier molecular flexibility index (Phi) is 9.08. The number of ether oxygens (including phenoxy) is 2. The summed E-state index contributed by atoms with van der Waals surface area (Å²) in [6.07, 6.45) is 2.96. The Hall–Kier alpha value is -4.05. The lowest BCUT2D eigenvalue weighted by Gasteiger charge is -2.18. The molecule has 0 saturated heterocycles. The number of rotatable bonds is 9. The number of amides is 2. The van der Waals surface area contributed by atoms with E-state index in [9.17, 15) is 18.8 Å². The van der Waals surface area contributed by atoms with Crippen molar-refractivity contribution in [2.24, 2.45) is 11.0 Å². The van der Waals surface area contributed by atoms with Gasteiger partial charge in [0, 0.05) is 16.0 Å². The largest absolute Gasteiger partial charge is 0.481 e. The molecular weight excluding hydrogens is 521 g/mol. The molecule has 10 heteroatoms. The first-order chi connectivity index (χ1) is 18.8. The lowest BCUT2D eigenvalue weighted by atomic mass is 9.88. The van der Waals surface area contributed by atoms with E-state index in [1.54, 1.807) is 50.2 Å². The third-order valence-corrected chi connectivity index (χ3v) is 7.47. The number of esters is 1. The van der Waals surface area contributed by atoms with E-state index in [4.69, 9.17) is 9.47 Å². The molecule has 0 radical (unpaired) electrons. The molecule has 2 atom stereocenters. The summed E-state index contributed by atoms with van der Waals surface area (Å²) >= 11 is 1.43. The van der Waals surface area contributed by atoms with Gasteiger partial charge in [0.25, 0.3) is 11.8 Å². The Morgan fingerprint density at radius 1 is 1.18 bits per heavy atom. The van der Waals surface area contributed by atoms with Crippen molar-refractivity contribution in [1.82, 2.24) is 5.43 Å². The van der Waals surface area contributed by atoms with Gasteiger partial charge in [0.05, 0.1) is 18.4 Å². The van der Waals surface area contributed by atoms with Crippen LogP contribution in [0.1, 0.15) is 63.9 Å². The number of benzene rings is 2. The van der Waals surface area contributed by atoms with E-state index in [0.29, 0.717) is 27.8 Å². The Morgan fingerprint density at radius 2 is 1.92 bits per heavy atom. The number of hydrazone groups is 1. The average Bonchev–Trinajstić information content (AvgIpc) is 3.26. The zero-order valence-corrected chi connectivity index (χ0v) is 22.8. The molecule has 1 aliphatic rings. The molecule has 1 aromatic heterocycles. The fourth-order valence-corrected chi connectivity index (χ4v) is 5.61. The van der Waals surface area contributed by atoms with Crippen molar-refractivity contribution >= 4 is 40.3 Å². The third kappa shape index (κ3) is 6.88. The fraction of sp³-hybridized carbons (Fsp3) is 0.310. The van der Waals surface area contributed by atoms with Gasteiger partial charge in [-0.1, -0.05) is 25.1 Å². The van der Waals surface area contributed by atoms with Crippen LogP contribution >= 0.6 is 11.3 Å². The summed E-state index contributed by atoms with van der Waals surface area (Å²) in [6.45, 7) is 5.73. The van der Waals surface area contributed by atoms with E-state index in [1.807, 2.05) is 0 Å². The van der Waals surface area contributed by atoms with Gasteiger partial charge < -0.3 is 14.8 Å². The zero-order chi connectivity index (χ0) is 27.9. The van der Waals surface area contributed by atoms with E-state index in [2.05, 4.69) is 22.8 Å². The second-order valence-corrected chi connectivity index (χ2v) is 10.4. The molecular formula is C29H30FN3O5S. The van der Waals surface area contributed by atoms with Crippen molar-refractivity contribution in [2.75, 3.05) is 11.9 Å². The smallest absolute Gasteiger partial charge is 0.341 e. The van der Waals surface area contributed by atoms with Crippen LogP contribution < -0.4 is 15.5 Å². The molecule has 39 heavy (non-hydrogen) atoms. The van der Waals surface area contributed by atoms with Crippen LogP contribution in [0.5, 0.6) is 5.75 Å². The molecule has 0 bridgehead atoms. The van der Waals surface area contributed by atoms with Crippen LogP contribution in [0.15, 0.2) is 53.6 Å². The average molecular weight is 552 g/mol. The van der Waals surface area contributed by atoms with E-state index < -0.39 is 23.8 Å². The lowest BCUT2D eigenvalue weighted by molar-refractivity contribution is -0.127. The van der Waals surface area contributed by atoms with Crippen molar-refractivity contribution in [2.45, 2.75) is 46.1 Å². The number of fused-ring (bicyclic) bond motifs is 1. The molecule has 4 rings (SSSR count). The number of nitrogens with zero attached hydrogens (tertiary/aromatic N) is 1. The van der Waals surface area contributed by atoms with Gasteiger partial charge in [-0.3, -0.25) is 9.59 Å². The first kappa shape index (κ1) is 28.0. The van der Waals surface area contributed by atoms with Gasteiger partial charge in [0.15, 0.2) is 6.10 Å². The highest BCUT2D eigenvalue weighted by atomic mass is 32.1. The molecule has 8 nitrogen and oxygen atoms in total. The molecule has 204 valence electrons. The number of carbonyl (C=O) groups is 3. The first-order valence-electron chi connectivity index (χ1n) is 12.7. The summed E-state index contributed by atoms with van der Waals surface area (Å²) in [5.74, 6) is -0.868. The monoisotopic (exact) mass is 551 g/mol. The second-order valence-electron chi connectivity index (χ2n) is 9.27. The first-order valence-corrected chi connectivity index (χ1v) is 13.6. The highest BCUT2D eigenvalue weighted by Gasteiger charge is 2.29. The summed E-state index contributed by atoms with van der Waals surface area (Å²) in [7, 11) is 0. The number of thiophene rings is 1. The molecule has 2 aromatic carbocycles. The quantitative estimate of drug-likeness (QED) is 0.212. The molecule has 3 aromatic rings. The van der Waals surface area contributed by atoms with Gasteiger partial charge in [-0.2, -0.15) is 5.10 Å². The highest BCUT2D eigenvalue weighted by Crippen LogP contribution is 2.40. The summed E-state index contributed by atoms with van der Waals surface area (Å²) in [5, 5.41) is 7.16. The predicted octanol–water partition coefficient (Wildman–Crippen LogP) is 5.36. The molecule has 0 aliphatic heterocycles. The topological polar surface area (TPSA) is 106 Å². The van der Waals surface area contributed by atoms with Crippen LogP contribution in [0.3, 0.4) is 0 Å². The van der Waals surface area contributed by atoms with Gasteiger partial charge in [0.1, 0.15) is 16.6 Å². The zero-order valence-electron chi connectivity index (χ0n) is 22.0. The van der Waals surface area contributed by atoms with Crippen LogP contribution in [0.25, 0.3) is 0 Å². The van der Waals surface area contributed by atoms with Crippen LogP contribution in [0, 0.1) is 11.7 Å². The van der Waals surface area contributed by atoms with E-state index in [0.717, 1.165) is 29.7 Å². The molecule has 0 fully saturated rings. The van der Waals surface area contributed by atoms with Crippen molar-refractivity contribution in [3.63, 3.8) is 0 Å². The van der Waals surface area contributed by atoms with Crippen LogP contribution in [0.4, 0.5) is 9.39 Å². The van der Waals surface area contributed by atoms with E-state index >= 15 is 0 Å². The van der Waals surface area contributed by atoms with Crippen molar-refractivity contribution in [1.29, 1.82) is 0 Å². The van der Waals surface area contributed by atoms with Crippen molar-refractivity contribution < 1.29 is 28.2 Å². The maximum Gasteiger partial charge on any atom is 0.341 e. The molecule has 0 unspecified atom stereocenters. The van der Waals surface area contributed by atoms with Crippen LogP contribution in [-0.4, -0.2) is 36.7 Å². The normalized spacial score (nSPS) is 15.3. The number of carbonyl (C=O) groups excluding carboxylic acids is 3. The maximum absolute atomic E-state index is 13.6. The van der Waals surface area contributed by atoms with Gasteiger partial charge in [0.2, 0.25) is 0 Å². The minimum atomic E-state index is -0.894. The lowest BCUT2D eigenvalue weighted by Crippen LogP contribution is -2.33. The van der Waals surface area contributed by atoms with Crippen LogP contribution in [0.2, 0.25) is 0 Å². The standard InChI is InChI=1S/C29H30FN3O5S/c1-4-37-29(36)25-22-14-9-17(2)15-24(22)39-28(25)32-27(35)19-10-12-21(13-11-19)38-18(3)26(34)33-31-16-20-7-5-6-8-23(20)30/h5-8,10-13,16-18H,4,9,14-15H2,1-3H3,(H,32,35)(H,33,34)/b31-16-/t17-,18-/m1/s1. The molecule has 2 N–H and O–H groups in total. The van der Waals surface area contributed by atoms with E-state index in [-0.39, 0.29) is 18.1 Å². The minimum absolute atomic E-state index is 0.242. The number of hydrogen-bond donors (Lipinski definition) is 2. The van der Waals surface area contributed by atoms with Crippen LogP contribution in [-0.2, 0) is 22.4 Å². The summed E-state index contributed by atoms with van der Waals surface area (Å²) < 4.78 is 24.6. The predicted molar refractivity (Wildman–Crippen MR) is 148 cm³/mol. The molecule has 1 aliphatic carbocycles. The fourth-order valence-electron chi connectivity index (χ4n) is 4.21. The summed E-state index contributed by atoms with van der Waals surface area (Å²) in [6, 6.07) is 12.4. The van der Waals surface area contributed by atoms with Crippen molar-refractivity contribution in [3.05, 3.63) is 81.5 Å². The number of nitrogens with one attached hydrogen (secondary N) is 2.